The van der Waals surface area contributed by atoms with E-state index in [-0.39, 0.29) is 37.0 Å². The summed E-state index contributed by atoms with van der Waals surface area (Å²) in [5.41, 5.74) is 3.82. The second-order valence-electron chi connectivity index (χ2n) is 6.71. The van der Waals surface area contributed by atoms with Gasteiger partial charge in [-0.05, 0) is 49.2 Å². The molecule has 0 aliphatic carbocycles. The smallest absolute Gasteiger partial charge is 0.264 e. The van der Waals surface area contributed by atoms with E-state index in [4.69, 9.17) is 4.74 Å². The molecule has 1 aliphatic rings. The van der Waals surface area contributed by atoms with Gasteiger partial charge in [-0.1, -0.05) is 12.1 Å². The summed E-state index contributed by atoms with van der Waals surface area (Å²) in [5, 5.41) is 2.86. The first-order valence-electron chi connectivity index (χ1n) is 8.79. The SMILES string of the molecule is Cc1ccc(C)c(NC(=O)CCC(=O)c2ccc3c(c2)N(C)C(=O)CO3)c1. The van der Waals surface area contributed by atoms with Crippen LogP contribution in [0.2, 0.25) is 0 Å². The van der Waals surface area contributed by atoms with Crippen molar-refractivity contribution >= 4 is 29.0 Å². The van der Waals surface area contributed by atoms with Crippen LogP contribution < -0.4 is 15.0 Å². The molecule has 0 fully saturated rings. The van der Waals surface area contributed by atoms with Gasteiger partial charge in [-0.2, -0.15) is 0 Å². The van der Waals surface area contributed by atoms with E-state index in [0.717, 1.165) is 16.8 Å². The molecule has 1 aliphatic heterocycles. The zero-order valence-electron chi connectivity index (χ0n) is 15.7. The Morgan fingerprint density at radius 3 is 2.67 bits per heavy atom. The van der Waals surface area contributed by atoms with Crippen LogP contribution in [0.3, 0.4) is 0 Å². The van der Waals surface area contributed by atoms with Crippen LogP contribution in [-0.2, 0) is 9.59 Å². The highest BCUT2D eigenvalue weighted by molar-refractivity contribution is 6.03. The molecule has 0 bridgehead atoms. The number of fused-ring (bicyclic) bond motifs is 1. The molecule has 0 radical (unpaired) electrons. The van der Waals surface area contributed by atoms with Crippen molar-refractivity contribution in [3.63, 3.8) is 0 Å². The average Bonchev–Trinajstić information content (AvgIpc) is 2.65. The minimum Gasteiger partial charge on any atom is -0.482 e. The first-order chi connectivity index (χ1) is 12.8. The molecule has 0 saturated carbocycles. The van der Waals surface area contributed by atoms with Crippen molar-refractivity contribution < 1.29 is 19.1 Å². The summed E-state index contributed by atoms with van der Waals surface area (Å²) in [6.45, 7) is 3.88. The molecule has 2 aromatic carbocycles. The first kappa shape index (κ1) is 18.6. The molecule has 6 nitrogen and oxygen atoms in total. The Bertz CT molecular complexity index is 920. The van der Waals surface area contributed by atoms with Gasteiger partial charge in [-0.3, -0.25) is 14.4 Å². The van der Waals surface area contributed by atoms with Gasteiger partial charge in [0, 0.05) is 31.1 Å². The molecule has 0 unspecified atom stereocenters. The largest absolute Gasteiger partial charge is 0.482 e. The van der Waals surface area contributed by atoms with Crippen LogP contribution in [0.5, 0.6) is 5.75 Å². The molecular formula is C21H22N2O4. The maximum Gasteiger partial charge on any atom is 0.264 e. The molecule has 1 heterocycles. The number of ether oxygens (including phenoxy) is 1. The van der Waals surface area contributed by atoms with Crippen LogP contribution in [-0.4, -0.2) is 31.3 Å². The lowest BCUT2D eigenvalue weighted by Crippen LogP contribution is -2.35. The Morgan fingerprint density at radius 2 is 1.89 bits per heavy atom. The molecule has 0 aromatic heterocycles. The van der Waals surface area contributed by atoms with Crippen molar-refractivity contribution in [2.24, 2.45) is 0 Å². The van der Waals surface area contributed by atoms with E-state index in [9.17, 15) is 14.4 Å². The Hall–Kier alpha value is -3.15. The molecule has 1 N–H and O–H groups in total. The van der Waals surface area contributed by atoms with Crippen LogP contribution in [0.25, 0.3) is 0 Å². The number of likely N-dealkylation sites (N-methyl/N-ethyl adjacent to an activating group) is 1. The van der Waals surface area contributed by atoms with Crippen LogP contribution >= 0.6 is 0 Å². The molecule has 6 heteroatoms. The van der Waals surface area contributed by atoms with E-state index in [1.54, 1.807) is 25.2 Å². The molecular weight excluding hydrogens is 344 g/mol. The standard InChI is InChI=1S/C21H22N2O4/c1-13-4-5-14(2)16(10-13)22-20(25)9-7-18(24)15-6-8-19-17(11-15)23(3)21(26)12-27-19/h4-6,8,10-11H,7,9,12H2,1-3H3,(H,22,25). The molecule has 0 atom stereocenters. The number of ketones is 1. The van der Waals surface area contributed by atoms with E-state index >= 15 is 0 Å². The number of anilines is 2. The second-order valence-corrected chi connectivity index (χ2v) is 6.71. The quantitative estimate of drug-likeness (QED) is 0.824. The third kappa shape index (κ3) is 4.16. The van der Waals surface area contributed by atoms with Crippen molar-refractivity contribution in [1.29, 1.82) is 0 Å². The highest BCUT2D eigenvalue weighted by Crippen LogP contribution is 2.32. The lowest BCUT2D eigenvalue weighted by atomic mass is 10.0. The van der Waals surface area contributed by atoms with Gasteiger partial charge in [-0.25, -0.2) is 0 Å². The number of nitrogens with one attached hydrogen (secondary N) is 1. The third-order valence-corrected chi connectivity index (χ3v) is 4.61. The summed E-state index contributed by atoms with van der Waals surface area (Å²) < 4.78 is 5.36. The van der Waals surface area contributed by atoms with E-state index in [0.29, 0.717) is 17.0 Å². The maximum atomic E-state index is 12.5. The molecule has 140 valence electrons. The van der Waals surface area contributed by atoms with Crippen LogP contribution in [0.1, 0.15) is 34.3 Å². The van der Waals surface area contributed by atoms with E-state index in [1.165, 1.54) is 4.90 Å². The van der Waals surface area contributed by atoms with Gasteiger partial charge >= 0.3 is 0 Å². The molecule has 2 aromatic rings. The van der Waals surface area contributed by atoms with Crippen LogP contribution in [0, 0.1) is 13.8 Å². The fourth-order valence-electron chi connectivity index (χ4n) is 2.90. The monoisotopic (exact) mass is 366 g/mol. The molecule has 3 rings (SSSR count). The van der Waals surface area contributed by atoms with Crippen LogP contribution in [0.15, 0.2) is 36.4 Å². The van der Waals surface area contributed by atoms with Crippen molar-refractivity contribution in [2.75, 3.05) is 23.9 Å². The predicted molar refractivity (Wildman–Crippen MR) is 103 cm³/mol. The molecule has 0 saturated heterocycles. The predicted octanol–water partition coefficient (Wildman–Crippen LogP) is 3.26. The Kier molecular flexibility index (Phi) is 5.26. The fraction of sp³-hybridized carbons (Fsp3) is 0.286. The topological polar surface area (TPSA) is 75.7 Å². The Labute approximate surface area is 158 Å². The number of Topliss-reactive ketones (excluding diaryl/α,β-unsaturated/α-hetero) is 1. The number of benzene rings is 2. The normalized spacial score (nSPS) is 13.0. The van der Waals surface area contributed by atoms with Gasteiger partial charge in [0.25, 0.3) is 5.91 Å². The van der Waals surface area contributed by atoms with Crippen molar-refractivity contribution in [3.8, 4) is 5.75 Å². The highest BCUT2D eigenvalue weighted by atomic mass is 16.5. The second kappa shape index (κ2) is 7.61. The van der Waals surface area contributed by atoms with Gasteiger partial charge in [0.1, 0.15) is 5.75 Å². The zero-order chi connectivity index (χ0) is 19.6. The number of hydrogen-bond acceptors (Lipinski definition) is 4. The van der Waals surface area contributed by atoms with Gasteiger partial charge < -0.3 is 15.0 Å². The van der Waals surface area contributed by atoms with E-state index < -0.39 is 0 Å². The van der Waals surface area contributed by atoms with Gasteiger partial charge in [0.15, 0.2) is 12.4 Å². The van der Waals surface area contributed by atoms with Crippen molar-refractivity contribution in [1.82, 2.24) is 0 Å². The summed E-state index contributed by atoms with van der Waals surface area (Å²) in [4.78, 5) is 37.9. The Balaban J connectivity index is 1.63. The van der Waals surface area contributed by atoms with Crippen molar-refractivity contribution in [3.05, 3.63) is 53.1 Å². The lowest BCUT2D eigenvalue weighted by molar-refractivity contribution is -0.121. The molecule has 0 spiro atoms. The minimum atomic E-state index is -0.203. The number of nitrogens with zero attached hydrogens (tertiary/aromatic N) is 1. The number of carbonyl (C=O) groups excluding carboxylic acids is 3. The van der Waals surface area contributed by atoms with Gasteiger partial charge in [0.05, 0.1) is 5.69 Å². The fourth-order valence-corrected chi connectivity index (χ4v) is 2.90. The number of aryl methyl sites for hydroxylation is 2. The summed E-state index contributed by atoms with van der Waals surface area (Å²) in [6, 6.07) is 10.8. The number of amides is 2. The minimum absolute atomic E-state index is 0.00462. The van der Waals surface area contributed by atoms with Gasteiger partial charge in [0.2, 0.25) is 5.91 Å². The Morgan fingerprint density at radius 1 is 1.11 bits per heavy atom. The van der Waals surface area contributed by atoms with Gasteiger partial charge in [-0.15, -0.1) is 0 Å². The number of rotatable bonds is 5. The molecule has 27 heavy (non-hydrogen) atoms. The summed E-state index contributed by atoms with van der Waals surface area (Å²) in [5.74, 6) is 0.0484. The lowest BCUT2D eigenvalue weighted by Gasteiger charge is -2.26. The third-order valence-electron chi connectivity index (χ3n) is 4.61. The zero-order valence-corrected chi connectivity index (χ0v) is 15.7. The van der Waals surface area contributed by atoms with Crippen molar-refractivity contribution in [2.45, 2.75) is 26.7 Å². The maximum absolute atomic E-state index is 12.5. The highest BCUT2D eigenvalue weighted by Gasteiger charge is 2.23. The first-order valence-corrected chi connectivity index (χ1v) is 8.79. The number of carbonyl (C=O) groups is 3. The summed E-state index contributed by atoms with van der Waals surface area (Å²) in [7, 11) is 1.65. The molecule has 2 amide bonds. The summed E-state index contributed by atoms with van der Waals surface area (Å²) >= 11 is 0. The van der Waals surface area contributed by atoms with E-state index in [2.05, 4.69) is 5.32 Å². The summed E-state index contributed by atoms with van der Waals surface area (Å²) in [6.07, 6.45) is 0.183. The number of hydrogen-bond donors (Lipinski definition) is 1. The van der Waals surface area contributed by atoms with Crippen LogP contribution in [0.4, 0.5) is 11.4 Å². The van der Waals surface area contributed by atoms with E-state index in [1.807, 2.05) is 32.0 Å². The average molecular weight is 366 g/mol.